The summed E-state index contributed by atoms with van der Waals surface area (Å²) in [6, 6.07) is 5.34. The van der Waals surface area contributed by atoms with Crippen molar-refractivity contribution in [2.45, 2.75) is 6.54 Å². The van der Waals surface area contributed by atoms with Crippen molar-refractivity contribution >= 4 is 17.5 Å². The van der Waals surface area contributed by atoms with E-state index in [4.69, 9.17) is 4.74 Å². The van der Waals surface area contributed by atoms with E-state index in [1.807, 2.05) is 6.07 Å². The van der Waals surface area contributed by atoms with Gasteiger partial charge in [-0.05, 0) is 17.7 Å². The number of carbonyl (C=O) groups excluding carboxylic acids is 2. The molecule has 0 aliphatic carbocycles. The molecular formula is C14H12N4O3. The summed E-state index contributed by atoms with van der Waals surface area (Å²) in [5.74, 6) is 0.127. The molecule has 7 heteroatoms. The van der Waals surface area contributed by atoms with Crippen molar-refractivity contribution in [1.29, 1.82) is 0 Å². The third-order valence-corrected chi connectivity index (χ3v) is 2.93. The lowest BCUT2D eigenvalue weighted by Gasteiger charge is -2.18. The van der Waals surface area contributed by atoms with Crippen LogP contribution >= 0.6 is 0 Å². The van der Waals surface area contributed by atoms with Crippen molar-refractivity contribution in [2.75, 3.05) is 11.9 Å². The van der Waals surface area contributed by atoms with E-state index in [1.54, 1.807) is 12.1 Å². The van der Waals surface area contributed by atoms with Crippen LogP contribution in [-0.2, 0) is 11.3 Å². The SMILES string of the molecule is O=C1COc2cc(CNC(=O)c3cnccn3)ccc2N1. The molecule has 2 N–H and O–H groups in total. The predicted octanol–water partition coefficient (Wildman–Crippen LogP) is 0.737. The molecule has 2 amide bonds. The molecule has 106 valence electrons. The van der Waals surface area contributed by atoms with E-state index < -0.39 is 0 Å². The van der Waals surface area contributed by atoms with E-state index in [9.17, 15) is 9.59 Å². The second kappa shape index (κ2) is 5.58. The normalized spacial score (nSPS) is 12.9. The molecule has 0 bridgehead atoms. The monoisotopic (exact) mass is 284 g/mol. The molecule has 0 atom stereocenters. The van der Waals surface area contributed by atoms with Crippen LogP contribution in [-0.4, -0.2) is 28.4 Å². The first-order valence-corrected chi connectivity index (χ1v) is 6.32. The van der Waals surface area contributed by atoms with Gasteiger partial charge in [-0.25, -0.2) is 4.98 Å². The number of benzene rings is 1. The average molecular weight is 284 g/mol. The smallest absolute Gasteiger partial charge is 0.271 e. The number of ether oxygens (including phenoxy) is 1. The Hall–Kier alpha value is -2.96. The molecule has 0 unspecified atom stereocenters. The molecule has 2 heterocycles. The van der Waals surface area contributed by atoms with Gasteiger partial charge in [-0.15, -0.1) is 0 Å². The zero-order valence-electron chi connectivity index (χ0n) is 11.0. The number of amides is 2. The number of nitrogens with one attached hydrogen (secondary N) is 2. The summed E-state index contributed by atoms with van der Waals surface area (Å²) in [5, 5.41) is 5.45. The van der Waals surface area contributed by atoms with Crippen LogP contribution in [0.3, 0.4) is 0 Å². The summed E-state index contributed by atoms with van der Waals surface area (Å²) < 4.78 is 5.32. The number of carbonyl (C=O) groups is 2. The fourth-order valence-corrected chi connectivity index (χ4v) is 1.92. The first-order valence-electron chi connectivity index (χ1n) is 6.32. The van der Waals surface area contributed by atoms with Gasteiger partial charge >= 0.3 is 0 Å². The van der Waals surface area contributed by atoms with Crippen LogP contribution in [0.15, 0.2) is 36.8 Å². The molecule has 2 aromatic rings. The lowest BCUT2D eigenvalue weighted by atomic mass is 10.1. The van der Waals surface area contributed by atoms with Crippen LogP contribution in [0.4, 0.5) is 5.69 Å². The lowest BCUT2D eigenvalue weighted by Crippen LogP contribution is -2.26. The van der Waals surface area contributed by atoms with Crippen molar-refractivity contribution in [3.63, 3.8) is 0 Å². The van der Waals surface area contributed by atoms with Gasteiger partial charge in [0.25, 0.3) is 11.8 Å². The summed E-state index contributed by atoms with van der Waals surface area (Å²) in [7, 11) is 0. The Kier molecular flexibility index (Phi) is 3.46. The number of nitrogens with zero attached hydrogens (tertiary/aromatic N) is 2. The third kappa shape index (κ3) is 2.97. The van der Waals surface area contributed by atoms with Crippen molar-refractivity contribution in [3.05, 3.63) is 48.0 Å². The van der Waals surface area contributed by atoms with E-state index in [1.165, 1.54) is 18.6 Å². The largest absolute Gasteiger partial charge is 0.482 e. The highest BCUT2D eigenvalue weighted by Crippen LogP contribution is 2.28. The summed E-state index contributed by atoms with van der Waals surface area (Å²) in [5.41, 5.74) is 1.76. The molecule has 0 saturated heterocycles. The second-order valence-electron chi connectivity index (χ2n) is 4.44. The standard InChI is InChI=1S/C14H12N4O3/c19-13-8-21-12-5-9(1-2-10(12)18-13)6-17-14(20)11-7-15-3-4-16-11/h1-5,7H,6,8H2,(H,17,20)(H,18,19). The quantitative estimate of drug-likeness (QED) is 0.867. The van der Waals surface area contributed by atoms with Crippen LogP contribution in [0.1, 0.15) is 16.1 Å². The van der Waals surface area contributed by atoms with Crippen molar-refractivity contribution in [3.8, 4) is 5.75 Å². The third-order valence-electron chi connectivity index (χ3n) is 2.93. The van der Waals surface area contributed by atoms with Crippen LogP contribution in [0.2, 0.25) is 0 Å². The van der Waals surface area contributed by atoms with Crippen molar-refractivity contribution in [1.82, 2.24) is 15.3 Å². The lowest BCUT2D eigenvalue weighted by molar-refractivity contribution is -0.118. The molecule has 0 radical (unpaired) electrons. The fourth-order valence-electron chi connectivity index (χ4n) is 1.92. The van der Waals surface area contributed by atoms with Gasteiger partial charge in [-0.2, -0.15) is 0 Å². The minimum absolute atomic E-state index is 0.00240. The summed E-state index contributed by atoms with van der Waals surface area (Å²) in [6.45, 7) is 0.336. The van der Waals surface area contributed by atoms with E-state index >= 15 is 0 Å². The van der Waals surface area contributed by atoms with E-state index in [0.29, 0.717) is 18.0 Å². The zero-order valence-corrected chi connectivity index (χ0v) is 11.0. The van der Waals surface area contributed by atoms with Gasteiger partial charge in [0.15, 0.2) is 6.61 Å². The zero-order chi connectivity index (χ0) is 14.7. The number of anilines is 1. The van der Waals surface area contributed by atoms with Crippen molar-refractivity contribution in [2.24, 2.45) is 0 Å². The fraction of sp³-hybridized carbons (Fsp3) is 0.143. The van der Waals surface area contributed by atoms with E-state index in [-0.39, 0.29) is 24.1 Å². The Bertz CT molecular complexity index is 688. The highest BCUT2D eigenvalue weighted by molar-refractivity contribution is 5.95. The molecule has 1 aliphatic rings. The first-order chi connectivity index (χ1) is 10.2. The van der Waals surface area contributed by atoms with Gasteiger partial charge in [0.1, 0.15) is 11.4 Å². The minimum atomic E-state index is -0.296. The maximum Gasteiger partial charge on any atom is 0.271 e. The Morgan fingerprint density at radius 2 is 2.29 bits per heavy atom. The molecule has 1 aromatic heterocycles. The number of aromatic nitrogens is 2. The number of hydrogen-bond donors (Lipinski definition) is 2. The molecule has 7 nitrogen and oxygen atoms in total. The Balaban J connectivity index is 1.66. The number of hydrogen-bond acceptors (Lipinski definition) is 5. The first kappa shape index (κ1) is 13.0. The highest BCUT2D eigenvalue weighted by atomic mass is 16.5. The van der Waals surface area contributed by atoms with Crippen LogP contribution in [0.25, 0.3) is 0 Å². The predicted molar refractivity (Wildman–Crippen MR) is 73.8 cm³/mol. The van der Waals surface area contributed by atoms with Crippen LogP contribution < -0.4 is 15.4 Å². The molecule has 0 spiro atoms. The van der Waals surface area contributed by atoms with Crippen LogP contribution in [0, 0.1) is 0 Å². The van der Waals surface area contributed by atoms with Crippen molar-refractivity contribution < 1.29 is 14.3 Å². The Labute approximate surface area is 120 Å². The maximum absolute atomic E-state index is 11.8. The molecule has 0 fully saturated rings. The van der Waals surface area contributed by atoms with E-state index in [0.717, 1.165) is 5.56 Å². The highest BCUT2D eigenvalue weighted by Gasteiger charge is 2.16. The summed E-state index contributed by atoms with van der Waals surface area (Å²) in [6.07, 6.45) is 4.37. The molecule has 1 aliphatic heterocycles. The van der Waals surface area contributed by atoms with Gasteiger partial charge in [-0.3, -0.25) is 14.6 Å². The number of rotatable bonds is 3. The maximum atomic E-state index is 11.8. The summed E-state index contributed by atoms with van der Waals surface area (Å²) >= 11 is 0. The molecule has 21 heavy (non-hydrogen) atoms. The summed E-state index contributed by atoms with van der Waals surface area (Å²) in [4.78, 5) is 30.8. The molecule has 3 rings (SSSR count). The van der Waals surface area contributed by atoms with Gasteiger partial charge in [0, 0.05) is 18.9 Å². The van der Waals surface area contributed by atoms with Crippen LogP contribution in [0.5, 0.6) is 5.75 Å². The molecule has 0 saturated carbocycles. The average Bonchev–Trinajstić information content (AvgIpc) is 2.53. The molecular weight excluding hydrogens is 272 g/mol. The number of fused-ring (bicyclic) bond motifs is 1. The van der Waals surface area contributed by atoms with Gasteiger partial charge < -0.3 is 15.4 Å². The van der Waals surface area contributed by atoms with Gasteiger partial charge in [-0.1, -0.05) is 6.07 Å². The Morgan fingerprint density at radius 1 is 1.38 bits per heavy atom. The van der Waals surface area contributed by atoms with E-state index in [2.05, 4.69) is 20.6 Å². The van der Waals surface area contributed by atoms with Gasteiger partial charge in [0.2, 0.25) is 0 Å². The second-order valence-corrected chi connectivity index (χ2v) is 4.44. The minimum Gasteiger partial charge on any atom is -0.482 e. The topological polar surface area (TPSA) is 93.2 Å². The van der Waals surface area contributed by atoms with Gasteiger partial charge in [0.05, 0.1) is 11.9 Å². The Morgan fingerprint density at radius 3 is 3.10 bits per heavy atom. The molecule has 1 aromatic carbocycles.